The third-order valence-electron chi connectivity index (χ3n) is 2.40. The predicted molar refractivity (Wildman–Crippen MR) is 75.9 cm³/mol. The van der Waals surface area contributed by atoms with Crippen LogP contribution in [0.15, 0.2) is 24.3 Å². The fourth-order valence-corrected chi connectivity index (χ4v) is 2.30. The van der Waals surface area contributed by atoms with Gasteiger partial charge in [-0.3, -0.25) is 0 Å². The second-order valence-corrected chi connectivity index (χ2v) is 6.41. The first-order valence-corrected chi connectivity index (χ1v) is 7.69. The van der Waals surface area contributed by atoms with E-state index in [0.717, 1.165) is 5.56 Å². The SMILES string of the molecule is CSC([Se])c1ccc(N(CC(=O)O)CC(=O)O)cc1. The fraction of sp³-hybridized carbons (Fsp3) is 0.333. The van der Waals surface area contributed by atoms with Gasteiger partial charge < -0.3 is 0 Å². The molecule has 1 rings (SSSR count). The third kappa shape index (κ3) is 5.14. The summed E-state index contributed by atoms with van der Waals surface area (Å²) in [5.74, 6) is -2.12. The van der Waals surface area contributed by atoms with Gasteiger partial charge in [0, 0.05) is 0 Å². The summed E-state index contributed by atoms with van der Waals surface area (Å²) in [6.45, 7) is -0.675. The van der Waals surface area contributed by atoms with Crippen molar-refractivity contribution >= 4 is 45.4 Å². The molecule has 2 N–H and O–H groups in total. The Hall–Kier alpha value is -1.17. The summed E-state index contributed by atoms with van der Waals surface area (Å²) in [6.07, 6.45) is 1.98. The Morgan fingerprint density at radius 1 is 1.21 bits per heavy atom. The zero-order valence-electron chi connectivity index (χ0n) is 10.3. The van der Waals surface area contributed by atoms with Crippen molar-refractivity contribution in [3.05, 3.63) is 29.8 Å². The first kappa shape index (κ1) is 15.9. The Labute approximate surface area is 123 Å². The van der Waals surface area contributed by atoms with E-state index in [1.165, 1.54) is 4.90 Å². The molecule has 0 aromatic heterocycles. The number of thioether (sulfide) groups is 1. The van der Waals surface area contributed by atoms with Gasteiger partial charge >= 0.3 is 123 Å². The second-order valence-electron chi connectivity index (χ2n) is 3.80. The van der Waals surface area contributed by atoms with Gasteiger partial charge in [0.05, 0.1) is 0 Å². The van der Waals surface area contributed by atoms with Crippen LogP contribution in [0.1, 0.15) is 9.71 Å². The molecule has 0 spiro atoms. The van der Waals surface area contributed by atoms with Crippen LogP contribution in [0.2, 0.25) is 0 Å². The number of carbonyl (C=O) groups is 2. The van der Waals surface area contributed by atoms with Crippen LogP contribution in [0.3, 0.4) is 0 Å². The molecule has 0 saturated heterocycles. The van der Waals surface area contributed by atoms with Crippen LogP contribution in [-0.4, -0.2) is 57.5 Å². The topological polar surface area (TPSA) is 77.8 Å². The van der Waals surface area contributed by atoms with E-state index in [0.29, 0.717) is 5.69 Å². The molecule has 1 radical (unpaired) electrons. The molecule has 1 unspecified atom stereocenters. The Kier molecular flexibility index (Phi) is 6.21. The second kappa shape index (κ2) is 7.43. The quantitative estimate of drug-likeness (QED) is 0.722. The van der Waals surface area contributed by atoms with Gasteiger partial charge in [-0.05, 0) is 0 Å². The van der Waals surface area contributed by atoms with E-state index in [2.05, 4.69) is 16.0 Å². The van der Waals surface area contributed by atoms with E-state index in [1.807, 2.05) is 18.4 Å². The van der Waals surface area contributed by atoms with E-state index < -0.39 is 11.9 Å². The zero-order valence-corrected chi connectivity index (χ0v) is 12.8. The summed E-state index contributed by atoms with van der Waals surface area (Å²) in [4.78, 5) is 22.8. The van der Waals surface area contributed by atoms with Gasteiger partial charge in [-0.25, -0.2) is 0 Å². The van der Waals surface area contributed by atoms with E-state index in [9.17, 15) is 9.59 Å². The van der Waals surface area contributed by atoms with Gasteiger partial charge in [0.2, 0.25) is 0 Å². The van der Waals surface area contributed by atoms with Crippen LogP contribution in [-0.2, 0) is 9.59 Å². The molecular weight excluding hydrogens is 333 g/mol. The van der Waals surface area contributed by atoms with Crippen LogP contribution in [0, 0.1) is 0 Å². The number of rotatable bonds is 7. The van der Waals surface area contributed by atoms with Crippen LogP contribution in [0.25, 0.3) is 0 Å². The number of hydrogen-bond acceptors (Lipinski definition) is 4. The average Bonchev–Trinajstić information content (AvgIpc) is 2.36. The van der Waals surface area contributed by atoms with Crippen molar-refractivity contribution < 1.29 is 19.8 Å². The van der Waals surface area contributed by atoms with Gasteiger partial charge in [-0.15, -0.1) is 0 Å². The summed E-state index contributed by atoms with van der Waals surface area (Å²) >= 11 is 4.67. The van der Waals surface area contributed by atoms with E-state index in [-0.39, 0.29) is 17.2 Å². The number of carboxylic acid groups (broad SMARTS) is 2. The van der Waals surface area contributed by atoms with Crippen molar-refractivity contribution in [1.29, 1.82) is 0 Å². The van der Waals surface area contributed by atoms with Crippen LogP contribution in [0.5, 0.6) is 0 Å². The van der Waals surface area contributed by atoms with Gasteiger partial charge in [-0.2, -0.15) is 0 Å². The minimum absolute atomic E-state index is 0.224. The van der Waals surface area contributed by atoms with Crippen LogP contribution in [0.4, 0.5) is 5.69 Å². The van der Waals surface area contributed by atoms with E-state index in [4.69, 9.17) is 10.2 Å². The summed E-state index contributed by atoms with van der Waals surface area (Å²) in [5.41, 5.74) is 1.66. The third-order valence-corrected chi connectivity index (χ3v) is 4.88. The molecule has 1 aromatic carbocycles. The molecular formula is C12H14NO4SSe. The van der Waals surface area contributed by atoms with Crippen molar-refractivity contribution in [2.75, 3.05) is 24.2 Å². The number of hydrogen-bond donors (Lipinski definition) is 2. The maximum absolute atomic E-state index is 10.7. The number of aliphatic carboxylic acids is 2. The summed E-state index contributed by atoms with van der Waals surface area (Å²) in [5, 5.41) is 17.6. The molecule has 0 aliphatic heterocycles. The van der Waals surface area contributed by atoms with Gasteiger partial charge in [-0.1, -0.05) is 0 Å². The normalized spacial score (nSPS) is 11.9. The van der Waals surface area contributed by atoms with Crippen molar-refractivity contribution in [2.45, 2.75) is 4.15 Å². The van der Waals surface area contributed by atoms with Crippen LogP contribution >= 0.6 is 11.8 Å². The molecule has 1 atom stereocenters. The molecule has 0 fully saturated rings. The van der Waals surface area contributed by atoms with Crippen molar-refractivity contribution in [3.63, 3.8) is 0 Å². The Bertz CT molecular complexity index is 436. The minimum atomic E-state index is -1.06. The molecule has 7 heteroatoms. The van der Waals surface area contributed by atoms with Crippen LogP contribution < -0.4 is 4.90 Å². The van der Waals surface area contributed by atoms with Crippen molar-refractivity contribution in [3.8, 4) is 0 Å². The molecule has 5 nitrogen and oxygen atoms in total. The number of nitrogens with zero attached hydrogens (tertiary/aromatic N) is 1. The molecule has 103 valence electrons. The van der Waals surface area contributed by atoms with Gasteiger partial charge in [0.25, 0.3) is 0 Å². The zero-order chi connectivity index (χ0) is 14.4. The van der Waals surface area contributed by atoms with Crippen molar-refractivity contribution in [2.24, 2.45) is 0 Å². The first-order valence-electron chi connectivity index (χ1n) is 5.41. The first-order chi connectivity index (χ1) is 8.93. The predicted octanol–water partition coefficient (Wildman–Crippen LogP) is 1.19. The summed E-state index contributed by atoms with van der Waals surface area (Å²) in [7, 11) is 0. The molecule has 0 aliphatic carbocycles. The molecule has 19 heavy (non-hydrogen) atoms. The molecule has 0 saturated carbocycles. The Balaban J connectivity index is 2.89. The monoisotopic (exact) mass is 348 g/mol. The molecule has 0 bridgehead atoms. The van der Waals surface area contributed by atoms with Crippen molar-refractivity contribution in [1.82, 2.24) is 0 Å². The summed E-state index contributed by atoms with van der Waals surface area (Å²) in [6, 6.07) is 7.21. The Morgan fingerprint density at radius 3 is 2.05 bits per heavy atom. The van der Waals surface area contributed by atoms with Gasteiger partial charge in [0.15, 0.2) is 0 Å². The molecule has 0 amide bonds. The Morgan fingerprint density at radius 2 is 1.68 bits per heavy atom. The van der Waals surface area contributed by atoms with E-state index >= 15 is 0 Å². The standard InChI is InChI=1S/C12H14NO4SSe/c1-18-12(19)8-2-4-9(5-3-8)13(6-10(14)15)7-11(16)17/h2-5,12H,6-7H2,1H3,(H,14,15)(H,16,17). The number of anilines is 1. The molecule has 0 heterocycles. The average molecular weight is 347 g/mol. The number of benzene rings is 1. The fourth-order valence-electron chi connectivity index (χ4n) is 1.54. The molecule has 0 aliphatic rings. The number of carboxylic acids is 2. The van der Waals surface area contributed by atoms with E-state index in [1.54, 1.807) is 23.9 Å². The van der Waals surface area contributed by atoms with Gasteiger partial charge in [0.1, 0.15) is 0 Å². The molecule has 1 aromatic rings. The maximum atomic E-state index is 10.7. The summed E-state index contributed by atoms with van der Waals surface area (Å²) < 4.78 is 0.224.